The summed E-state index contributed by atoms with van der Waals surface area (Å²) in [5.41, 5.74) is 1.37. The number of para-hydroxylation sites is 1. The van der Waals surface area contributed by atoms with Gasteiger partial charge in [0.15, 0.2) is 0 Å². The lowest BCUT2D eigenvalue weighted by molar-refractivity contribution is 0.147. The highest BCUT2D eigenvalue weighted by molar-refractivity contribution is 5.37. The SMILES string of the molecule is CNC(CC(C)COC)CC1CCOc2ccccc21. The molecule has 2 rings (SSSR count). The molecule has 1 aromatic rings. The number of rotatable bonds is 7. The number of ether oxygens (including phenoxy) is 2. The minimum absolute atomic E-state index is 0.538. The average molecular weight is 277 g/mol. The molecule has 0 aliphatic carbocycles. The van der Waals surface area contributed by atoms with E-state index < -0.39 is 0 Å². The van der Waals surface area contributed by atoms with E-state index in [2.05, 4.69) is 43.6 Å². The second-order valence-corrected chi connectivity index (χ2v) is 5.89. The summed E-state index contributed by atoms with van der Waals surface area (Å²) in [6, 6.07) is 9.00. The van der Waals surface area contributed by atoms with Crippen LogP contribution < -0.4 is 10.1 Å². The first-order chi connectivity index (χ1) is 9.74. The Morgan fingerprint density at radius 3 is 2.95 bits per heavy atom. The lowest BCUT2D eigenvalue weighted by Gasteiger charge is -2.30. The van der Waals surface area contributed by atoms with Crippen molar-refractivity contribution in [3.8, 4) is 5.75 Å². The van der Waals surface area contributed by atoms with Gasteiger partial charge in [-0.25, -0.2) is 0 Å². The van der Waals surface area contributed by atoms with E-state index in [0.717, 1.165) is 31.8 Å². The van der Waals surface area contributed by atoms with Gasteiger partial charge >= 0.3 is 0 Å². The van der Waals surface area contributed by atoms with Crippen molar-refractivity contribution < 1.29 is 9.47 Å². The zero-order chi connectivity index (χ0) is 14.4. The largest absolute Gasteiger partial charge is 0.493 e. The van der Waals surface area contributed by atoms with Gasteiger partial charge in [0.1, 0.15) is 5.75 Å². The number of fused-ring (bicyclic) bond motifs is 1. The van der Waals surface area contributed by atoms with Crippen LogP contribution in [0.5, 0.6) is 5.75 Å². The third kappa shape index (κ3) is 3.97. The molecule has 112 valence electrons. The van der Waals surface area contributed by atoms with Gasteiger partial charge in [-0.05, 0) is 49.8 Å². The zero-order valence-corrected chi connectivity index (χ0v) is 12.9. The molecule has 3 unspecified atom stereocenters. The Kier molecular flexibility index (Phi) is 5.86. The molecule has 1 aliphatic rings. The first kappa shape index (κ1) is 15.3. The summed E-state index contributed by atoms with van der Waals surface area (Å²) in [5, 5.41) is 3.47. The number of nitrogens with one attached hydrogen (secondary N) is 1. The van der Waals surface area contributed by atoms with Crippen LogP contribution in [-0.2, 0) is 4.74 Å². The Labute approximate surface area is 122 Å². The lowest BCUT2D eigenvalue weighted by Crippen LogP contribution is -2.31. The Hall–Kier alpha value is -1.06. The van der Waals surface area contributed by atoms with Gasteiger partial charge in [-0.1, -0.05) is 25.1 Å². The first-order valence-electron chi connectivity index (χ1n) is 7.62. The molecule has 20 heavy (non-hydrogen) atoms. The molecule has 0 aromatic heterocycles. The molecule has 1 aliphatic heterocycles. The van der Waals surface area contributed by atoms with Gasteiger partial charge in [-0.2, -0.15) is 0 Å². The molecule has 0 fully saturated rings. The Bertz CT molecular complexity index is 408. The van der Waals surface area contributed by atoms with E-state index in [0.29, 0.717) is 17.9 Å². The molecule has 0 saturated heterocycles. The van der Waals surface area contributed by atoms with E-state index in [1.54, 1.807) is 7.11 Å². The summed E-state index contributed by atoms with van der Waals surface area (Å²) in [6.07, 6.45) is 3.45. The summed E-state index contributed by atoms with van der Waals surface area (Å²) in [4.78, 5) is 0. The first-order valence-corrected chi connectivity index (χ1v) is 7.62. The fraction of sp³-hybridized carbons (Fsp3) is 0.647. The topological polar surface area (TPSA) is 30.5 Å². The third-order valence-corrected chi connectivity index (χ3v) is 4.20. The molecule has 1 N–H and O–H groups in total. The number of methoxy groups -OCH3 is 1. The maximum Gasteiger partial charge on any atom is 0.122 e. The van der Waals surface area contributed by atoms with E-state index >= 15 is 0 Å². The highest BCUT2D eigenvalue weighted by atomic mass is 16.5. The summed E-state index contributed by atoms with van der Waals surface area (Å²) in [6.45, 7) is 3.93. The molecule has 1 heterocycles. The van der Waals surface area contributed by atoms with Crippen LogP contribution in [0.1, 0.15) is 37.7 Å². The number of benzene rings is 1. The maximum atomic E-state index is 5.75. The smallest absolute Gasteiger partial charge is 0.122 e. The molecule has 1 aromatic carbocycles. The van der Waals surface area contributed by atoms with E-state index in [9.17, 15) is 0 Å². The van der Waals surface area contributed by atoms with E-state index in [1.807, 2.05) is 0 Å². The van der Waals surface area contributed by atoms with Crippen LogP contribution >= 0.6 is 0 Å². The predicted molar refractivity (Wildman–Crippen MR) is 82.4 cm³/mol. The predicted octanol–water partition coefficient (Wildman–Crippen LogP) is 3.20. The van der Waals surface area contributed by atoms with Gasteiger partial charge in [0, 0.05) is 19.8 Å². The Morgan fingerprint density at radius 1 is 1.40 bits per heavy atom. The normalized spacial score (nSPS) is 20.9. The third-order valence-electron chi connectivity index (χ3n) is 4.20. The fourth-order valence-corrected chi connectivity index (χ4v) is 3.17. The van der Waals surface area contributed by atoms with Crippen LogP contribution in [0.4, 0.5) is 0 Å². The van der Waals surface area contributed by atoms with Crippen LogP contribution in [0.25, 0.3) is 0 Å². The van der Waals surface area contributed by atoms with Crippen molar-refractivity contribution in [2.75, 3.05) is 27.4 Å². The monoisotopic (exact) mass is 277 g/mol. The fourth-order valence-electron chi connectivity index (χ4n) is 3.17. The maximum absolute atomic E-state index is 5.75. The van der Waals surface area contributed by atoms with Crippen molar-refractivity contribution in [3.05, 3.63) is 29.8 Å². The number of hydrogen-bond acceptors (Lipinski definition) is 3. The highest BCUT2D eigenvalue weighted by Crippen LogP contribution is 2.36. The zero-order valence-electron chi connectivity index (χ0n) is 12.9. The van der Waals surface area contributed by atoms with Crippen molar-refractivity contribution in [1.29, 1.82) is 0 Å². The lowest BCUT2D eigenvalue weighted by atomic mass is 9.85. The van der Waals surface area contributed by atoms with Crippen LogP contribution in [-0.4, -0.2) is 33.4 Å². The molecule has 3 nitrogen and oxygen atoms in total. The summed E-state index contributed by atoms with van der Waals surface area (Å²) < 4.78 is 11.0. The molecule has 3 heteroatoms. The summed E-state index contributed by atoms with van der Waals surface area (Å²) in [5.74, 6) is 2.27. The van der Waals surface area contributed by atoms with E-state index in [-0.39, 0.29) is 0 Å². The molecule has 3 atom stereocenters. The van der Waals surface area contributed by atoms with E-state index in [1.165, 1.54) is 12.0 Å². The molecule has 0 saturated carbocycles. The van der Waals surface area contributed by atoms with Gasteiger partial charge in [0.2, 0.25) is 0 Å². The molecule has 0 radical (unpaired) electrons. The molecule has 0 bridgehead atoms. The minimum Gasteiger partial charge on any atom is -0.493 e. The van der Waals surface area contributed by atoms with Gasteiger partial charge < -0.3 is 14.8 Å². The van der Waals surface area contributed by atoms with Gasteiger partial charge in [-0.15, -0.1) is 0 Å². The van der Waals surface area contributed by atoms with E-state index in [4.69, 9.17) is 9.47 Å². The van der Waals surface area contributed by atoms with Crippen molar-refractivity contribution in [1.82, 2.24) is 5.32 Å². The Morgan fingerprint density at radius 2 is 2.20 bits per heavy atom. The molecular formula is C17H27NO2. The van der Waals surface area contributed by atoms with Crippen molar-refractivity contribution in [3.63, 3.8) is 0 Å². The summed E-state index contributed by atoms with van der Waals surface area (Å²) in [7, 11) is 3.84. The minimum atomic E-state index is 0.538. The molecular weight excluding hydrogens is 250 g/mol. The Balaban J connectivity index is 1.98. The van der Waals surface area contributed by atoms with Crippen molar-refractivity contribution >= 4 is 0 Å². The summed E-state index contributed by atoms with van der Waals surface area (Å²) >= 11 is 0. The molecule has 0 spiro atoms. The average Bonchev–Trinajstić information content (AvgIpc) is 2.47. The van der Waals surface area contributed by atoms with Crippen LogP contribution in [0.15, 0.2) is 24.3 Å². The van der Waals surface area contributed by atoms with Crippen LogP contribution in [0.2, 0.25) is 0 Å². The van der Waals surface area contributed by atoms with Gasteiger partial charge in [0.05, 0.1) is 6.61 Å². The van der Waals surface area contributed by atoms with Gasteiger partial charge in [-0.3, -0.25) is 0 Å². The van der Waals surface area contributed by atoms with Crippen LogP contribution in [0, 0.1) is 5.92 Å². The standard InChI is InChI=1S/C17H27NO2/c1-13(12-19-3)10-15(18-2)11-14-8-9-20-17-7-5-4-6-16(14)17/h4-7,13-15,18H,8-12H2,1-3H3. The second kappa shape index (κ2) is 7.65. The quantitative estimate of drug-likeness (QED) is 0.830. The van der Waals surface area contributed by atoms with Crippen molar-refractivity contribution in [2.45, 2.75) is 38.1 Å². The van der Waals surface area contributed by atoms with Crippen LogP contribution in [0.3, 0.4) is 0 Å². The van der Waals surface area contributed by atoms with Crippen molar-refractivity contribution in [2.24, 2.45) is 5.92 Å². The highest BCUT2D eigenvalue weighted by Gasteiger charge is 2.24. The number of hydrogen-bond donors (Lipinski definition) is 1. The van der Waals surface area contributed by atoms with Gasteiger partial charge in [0.25, 0.3) is 0 Å². The second-order valence-electron chi connectivity index (χ2n) is 5.89. The molecule has 0 amide bonds.